The zero-order valence-electron chi connectivity index (χ0n) is 5.34. The highest BCUT2D eigenvalue weighted by molar-refractivity contribution is 8.31. The molecule has 0 fully saturated rings. The second-order valence-electron chi connectivity index (χ2n) is 1.33. The Hall–Kier alpha value is -0.0762. The Kier molecular flexibility index (Phi) is 4.73. The number of carbonyl (C=O) groups is 2. The van der Waals surface area contributed by atoms with E-state index in [2.05, 4.69) is 4.43 Å². The molecule has 0 aromatic carbocycles. The monoisotopic (exact) mass is 180 g/mol. The molecule has 0 radical (unpaired) electrons. The Morgan fingerprint density at radius 2 is 2.11 bits per heavy atom. The van der Waals surface area contributed by atoms with Gasteiger partial charge in [0.15, 0.2) is 5.12 Å². The van der Waals surface area contributed by atoms with Gasteiger partial charge >= 0.3 is 0 Å². The summed E-state index contributed by atoms with van der Waals surface area (Å²) in [4.78, 5) is 20.9. The van der Waals surface area contributed by atoms with E-state index in [0.29, 0.717) is 10.5 Å². The van der Waals surface area contributed by atoms with Crippen LogP contribution in [0.5, 0.6) is 0 Å². The molecule has 0 saturated carbocycles. The van der Waals surface area contributed by atoms with Crippen molar-refractivity contribution in [2.75, 3.05) is 0 Å². The second-order valence-corrected chi connectivity index (χ2v) is 3.83. The molecule has 52 valence electrons. The largest absolute Gasteiger partial charge is 0.528 e. The highest BCUT2D eigenvalue weighted by Crippen LogP contribution is 1.98. The molecule has 0 aliphatic carbocycles. The first kappa shape index (κ1) is 8.92. The van der Waals surface area contributed by atoms with Crippen LogP contribution in [-0.2, 0) is 14.0 Å². The number of hydrogen-bond acceptors (Lipinski definition) is 4. The summed E-state index contributed by atoms with van der Waals surface area (Å²) in [6.07, 6.45) is -0.0579. The zero-order valence-corrected chi connectivity index (χ0v) is 10.2. The minimum Gasteiger partial charge on any atom is -0.528 e. The first-order valence-electron chi connectivity index (χ1n) is 2.34. The average molecular weight is 180 g/mol. The fourth-order valence-corrected chi connectivity index (χ4v) is 1.10. The van der Waals surface area contributed by atoms with Crippen LogP contribution in [0.3, 0.4) is 0 Å². The number of carbonyl (C=O) groups excluding carboxylic acids is 2. The molecule has 6 heteroatoms. The molecule has 0 N–H and O–H groups in total. The van der Waals surface area contributed by atoms with E-state index in [1.807, 2.05) is 0 Å². The molecular formula is C3H8O3SSi2. The molecule has 0 saturated heterocycles. The van der Waals surface area contributed by atoms with Crippen LogP contribution in [0, 0.1) is 0 Å². The fourth-order valence-electron chi connectivity index (χ4n) is 0.262. The van der Waals surface area contributed by atoms with E-state index in [-0.39, 0.29) is 11.5 Å². The molecule has 0 aliphatic rings. The van der Waals surface area contributed by atoms with Gasteiger partial charge in [-0.05, 0) is 0 Å². The van der Waals surface area contributed by atoms with E-state index in [4.69, 9.17) is 0 Å². The van der Waals surface area contributed by atoms with E-state index >= 15 is 0 Å². The molecule has 0 aromatic heterocycles. The summed E-state index contributed by atoms with van der Waals surface area (Å²) < 4.78 is 4.40. The van der Waals surface area contributed by atoms with Crippen molar-refractivity contribution in [3.8, 4) is 0 Å². The van der Waals surface area contributed by atoms with Gasteiger partial charge < -0.3 is 4.43 Å². The van der Waals surface area contributed by atoms with Crippen LogP contribution >= 0.6 is 11.2 Å². The maximum Gasteiger partial charge on any atom is 0.300 e. The molecule has 9 heavy (non-hydrogen) atoms. The van der Waals surface area contributed by atoms with E-state index in [1.54, 1.807) is 0 Å². The lowest BCUT2D eigenvalue weighted by atomic mass is 10.5. The molecule has 0 rings (SSSR count). The van der Waals surface area contributed by atoms with Gasteiger partial charge in [-0.2, -0.15) is 0 Å². The van der Waals surface area contributed by atoms with Gasteiger partial charge in [-0.25, -0.2) is 0 Å². The van der Waals surface area contributed by atoms with Crippen LogP contribution in [0.1, 0.15) is 6.42 Å². The molecule has 0 heterocycles. The molecule has 3 nitrogen and oxygen atoms in total. The third-order valence-electron chi connectivity index (χ3n) is 0.744. The minimum atomic E-state index is -0.394. The van der Waals surface area contributed by atoms with Crippen molar-refractivity contribution >= 4 is 42.2 Å². The van der Waals surface area contributed by atoms with Gasteiger partial charge in [0.25, 0.3) is 5.97 Å². The van der Waals surface area contributed by atoms with Crippen molar-refractivity contribution in [1.82, 2.24) is 0 Å². The highest BCUT2D eigenvalue weighted by atomic mass is 32.4. The van der Waals surface area contributed by atoms with Gasteiger partial charge in [0.1, 0.15) is 6.42 Å². The highest BCUT2D eigenvalue weighted by Gasteiger charge is 2.05. The molecule has 0 spiro atoms. The first-order chi connectivity index (χ1) is 4.20. The Morgan fingerprint density at radius 3 is 2.44 bits per heavy atom. The third kappa shape index (κ3) is 4.43. The van der Waals surface area contributed by atoms with Crippen LogP contribution < -0.4 is 0 Å². The number of rotatable bonds is 2. The minimum absolute atomic E-state index is 0.0579. The fraction of sp³-hybridized carbons (Fsp3) is 0.333. The van der Waals surface area contributed by atoms with Gasteiger partial charge in [0, 0.05) is 0 Å². The van der Waals surface area contributed by atoms with Crippen LogP contribution in [0.25, 0.3) is 0 Å². The van der Waals surface area contributed by atoms with Crippen LogP contribution in [-0.4, -0.2) is 31.0 Å². The maximum absolute atomic E-state index is 10.5. The van der Waals surface area contributed by atoms with Crippen molar-refractivity contribution in [3.05, 3.63) is 0 Å². The lowest BCUT2D eigenvalue weighted by molar-refractivity contribution is -0.135. The van der Waals surface area contributed by atoms with E-state index in [1.165, 1.54) is 11.2 Å². The van der Waals surface area contributed by atoms with Gasteiger partial charge in [-0.15, -0.1) is 11.2 Å². The standard InChI is InChI=1S/C3H8O3SSi2/c4-2(6-8)1-3(5)7-9/h1H2,8-9H3. The van der Waals surface area contributed by atoms with Crippen LogP contribution in [0.15, 0.2) is 0 Å². The first-order valence-corrected chi connectivity index (χ1v) is 6.83. The van der Waals surface area contributed by atoms with Gasteiger partial charge in [-0.1, -0.05) is 0 Å². The average Bonchev–Trinajstić information content (AvgIpc) is 1.87. The lowest BCUT2D eigenvalue weighted by Crippen LogP contribution is -2.06. The normalized spacial score (nSPS) is 9.33. The van der Waals surface area contributed by atoms with Crippen LogP contribution in [0.4, 0.5) is 0 Å². The smallest absolute Gasteiger partial charge is 0.300 e. The van der Waals surface area contributed by atoms with Gasteiger partial charge in [-0.3, -0.25) is 9.59 Å². The van der Waals surface area contributed by atoms with Gasteiger partial charge in [0.2, 0.25) is 10.5 Å². The summed E-state index contributed by atoms with van der Waals surface area (Å²) in [5.74, 6) is -0.394. The van der Waals surface area contributed by atoms with Crippen molar-refractivity contribution in [3.63, 3.8) is 0 Å². The van der Waals surface area contributed by atoms with E-state index < -0.39 is 5.97 Å². The quantitative estimate of drug-likeness (QED) is 0.355. The van der Waals surface area contributed by atoms with E-state index in [0.717, 1.165) is 9.39 Å². The van der Waals surface area contributed by atoms with Crippen LogP contribution in [0.2, 0.25) is 0 Å². The topological polar surface area (TPSA) is 43.4 Å². The Morgan fingerprint density at radius 1 is 1.56 bits per heavy atom. The summed E-state index contributed by atoms with van der Waals surface area (Å²) in [6, 6.07) is 0. The molecule has 0 amide bonds. The zero-order chi connectivity index (χ0) is 7.28. The predicted molar refractivity (Wildman–Crippen MR) is 43.2 cm³/mol. The summed E-state index contributed by atoms with van der Waals surface area (Å²) in [7, 11) is 1.13. The van der Waals surface area contributed by atoms with Crippen molar-refractivity contribution in [1.29, 1.82) is 0 Å². The Labute approximate surface area is 63.1 Å². The second kappa shape index (κ2) is 4.77. The molecule has 0 bridgehead atoms. The summed E-state index contributed by atoms with van der Waals surface area (Å²) in [5, 5.41) is -0.0810. The summed E-state index contributed by atoms with van der Waals surface area (Å²) in [5.41, 5.74) is 0. The summed E-state index contributed by atoms with van der Waals surface area (Å²) in [6.45, 7) is 0. The van der Waals surface area contributed by atoms with Crippen molar-refractivity contribution in [2.24, 2.45) is 0 Å². The Bertz CT molecular complexity index is 112. The van der Waals surface area contributed by atoms with Crippen molar-refractivity contribution < 1.29 is 14.0 Å². The molecule has 0 unspecified atom stereocenters. The molecule has 0 aromatic rings. The SMILES string of the molecule is O=C(CC(=O)S[SiH3])O[SiH3]. The predicted octanol–water partition coefficient (Wildman–Crippen LogP) is -2.26. The molecule has 0 aliphatic heterocycles. The van der Waals surface area contributed by atoms with Gasteiger partial charge in [0.05, 0.1) is 9.39 Å². The lowest BCUT2D eigenvalue weighted by Gasteiger charge is -1.94. The number of hydrogen-bond donors (Lipinski definition) is 0. The molecular weight excluding hydrogens is 172 g/mol. The Balaban J connectivity index is 3.47. The van der Waals surface area contributed by atoms with E-state index in [9.17, 15) is 9.59 Å². The maximum atomic E-state index is 10.5. The van der Waals surface area contributed by atoms with Crippen molar-refractivity contribution in [2.45, 2.75) is 6.42 Å². The molecule has 0 atom stereocenters. The summed E-state index contributed by atoms with van der Waals surface area (Å²) >= 11 is 1.18. The third-order valence-corrected chi connectivity index (χ3v) is 3.17.